The van der Waals surface area contributed by atoms with E-state index in [9.17, 15) is 0 Å². The highest BCUT2D eigenvalue weighted by Crippen LogP contribution is 2.28. The number of hydrogen-bond acceptors (Lipinski definition) is 3. The van der Waals surface area contributed by atoms with Crippen molar-refractivity contribution >= 4 is 11.6 Å². The van der Waals surface area contributed by atoms with E-state index in [2.05, 4.69) is 4.90 Å². The van der Waals surface area contributed by atoms with Gasteiger partial charge in [-0.3, -0.25) is 0 Å². The second-order valence-corrected chi connectivity index (χ2v) is 5.14. The Hall–Kier alpha value is -0.770. The zero-order chi connectivity index (χ0) is 13.0. The van der Waals surface area contributed by atoms with Crippen molar-refractivity contribution in [1.29, 1.82) is 0 Å². The first kappa shape index (κ1) is 13.7. The largest absolute Gasteiger partial charge is 0.492 e. The summed E-state index contributed by atoms with van der Waals surface area (Å²) in [5, 5.41) is 0.645. The number of benzene rings is 1. The molecule has 1 aromatic rings. The summed E-state index contributed by atoms with van der Waals surface area (Å²) in [5.74, 6) is 0.733. The average Bonchev–Trinajstić information content (AvgIpc) is 2.84. The van der Waals surface area contributed by atoms with Gasteiger partial charge in [-0.15, -0.1) is 0 Å². The van der Waals surface area contributed by atoms with E-state index in [0.717, 1.165) is 17.9 Å². The van der Waals surface area contributed by atoms with Crippen molar-refractivity contribution in [2.45, 2.75) is 25.8 Å². The minimum absolute atomic E-state index is 0.0243. The normalized spacial score (nSPS) is 17.9. The summed E-state index contributed by atoms with van der Waals surface area (Å²) >= 11 is 6.17. The third kappa shape index (κ3) is 3.37. The lowest BCUT2D eigenvalue weighted by Crippen LogP contribution is -2.29. The fourth-order valence-electron chi connectivity index (χ4n) is 2.37. The Morgan fingerprint density at radius 2 is 2.11 bits per heavy atom. The summed E-state index contributed by atoms with van der Waals surface area (Å²) in [6.07, 6.45) is 2.58. The Bertz CT molecular complexity index is 391. The van der Waals surface area contributed by atoms with E-state index >= 15 is 0 Å². The molecule has 0 aliphatic carbocycles. The molecule has 0 amide bonds. The molecule has 100 valence electrons. The van der Waals surface area contributed by atoms with Gasteiger partial charge in [-0.2, -0.15) is 0 Å². The lowest BCUT2D eigenvalue weighted by molar-refractivity contribution is 0.315. The van der Waals surface area contributed by atoms with Crippen molar-refractivity contribution in [3.05, 3.63) is 28.8 Å². The lowest BCUT2D eigenvalue weighted by Gasteiger charge is -2.21. The van der Waals surface area contributed by atoms with Gasteiger partial charge in [-0.25, -0.2) is 0 Å². The number of nitrogens with two attached hydrogens (primary N) is 1. The lowest BCUT2D eigenvalue weighted by atomic mass is 10.1. The quantitative estimate of drug-likeness (QED) is 0.892. The monoisotopic (exact) mass is 268 g/mol. The topological polar surface area (TPSA) is 38.5 Å². The van der Waals surface area contributed by atoms with E-state index in [4.69, 9.17) is 22.1 Å². The van der Waals surface area contributed by atoms with Crippen molar-refractivity contribution in [3.8, 4) is 5.75 Å². The van der Waals surface area contributed by atoms with Gasteiger partial charge >= 0.3 is 0 Å². The third-order valence-electron chi connectivity index (χ3n) is 3.34. The maximum atomic E-state index is 6.23. The highest BCUT2D eigenvalue weighted by molar-refractivity contribution is 6.32. The van der Waals surface area contributed by atoms with Crippen molar-refractivity contribution < 1.29 is 4.74 Å². The van der Waals surface area contributed by atoms with Crippen LogP contribution in [0.2, 0.25) is 5.02 Å². The summed E-state index contributed by atoms with van der Waals surface area (Å²) < 4.78 is 5.42. The maximum Gasteiger partial charge on any atom is 0.137 e. The minimum Gasteiger partial charge on any atom is -0.492 e. The molecular formula is C14H21ClN2O. The van der Waals surface area contributed by atoms with Crippen molar-refractivity contribution in [1.82, 2.24) is 4.90 Å². The molecule has 2 N–H and O–H groups in total. The number of ether oxygens (including phenoxy) is 1. The number of likely N-dealkylation sites (tertiary alicyclic amines) is 1. The number of hydrogen-bond donors (Lipinski definition) is 1. The summed E-state index contributed by atoms with van der Waals surface area (Å²) in [6.45, 7) is 5.81. The fraction of sp³-hybridized carbons (Fsp3) is 0.571. The van der Waals surface area contributed by atoms with E-state index in [1.807, 2.05) is 25.1 Å². The summed E-state index contributed by atoms with van der Waals surface area (Å²) in [4.78, 5) is 2.41. The number of nitrogens with zero attached hydrogens (tertiary/aromatic N) is 1. The molecule has 3 nitrogen and oxygen atoms in total. The van der Waals surface area contributed by atoms with E-state index in [-0.39, 0.29) is 6.04 Å². The highest BCUT2D eigenvalue weighted by atomic mass is 35.5. The van der Waals surface area contributed by atoms with Crippen LogP contribution in [0.4, 0.5) is 0 Å². The molecule has 1 saturated heterocycles. The Kier molecular flexibility index (Phi) is 4.87. The van der Waals surface area contributed by atoms with Gasteiger partial charge in [-0.05, 0) is 50.6 Å². The van der Waals surface area contributed by atoms with Gasteiger partial charge in [-0.1, -0.05) is 17.7 Å². The molecule has 1 aliphatic heterocycles. The first-order valence-electron chi connectivity index (χ1n) is 6.61. The molecule has 1 atom stereocenters. The molecule has 0 spiro atoms. The molecule has 0 aromatic heterocycles. The first-order valence-corrected chi connectivity index (χ1v) is 6.98. The number of rotatable bonds is 5. The van der Waals surface area contributed by atoms with Crippen LogP contribution in [0.1, 0.15) is 31.4 Å². The molecule has 0 radical (unpaired) electrons. The van der Waals surface area contributed by atoms with E-state index in [0.29, 0.717) is 11.6 Å². The van der Waals surface area contributed by atoms with Crippen LogP contribution in [-0.2, 0) is 0 Å². The fourth-order valence-corrected chi connectivity index (χ4v) is 2.61. The first-order chi connectivity index (χ1) is 8.70. The molecule has 4 heteroatoms. The highest BCUT2D eigenvalue weighted by Gasteiger charge is 2.16. The Balaban J connectivity index is 2.01. The molecule has 18 heavy (non-hydrogen) atoms. The summed E-state index contributed by atoms with van der Waals surface area (Å²) in [5.41, 5.74) is 7.31. The van der Waals surface area contributed by atoms with Crippen molar-refractivity contribution in [2.75, 3.05) is 26.2 Å². The van der Waals surface area contributed by atoms with Gasteiger partial charge in [0.1, 0.15) is 5.75 Å². The van der Waals surface area contributed by atoms with E-state index < -0.39 is 0 Å². The van der Waals surface area contributed by atoms with Crippen LogP contribution < -0.4 is 10.5 Å². The Morgan fingerprint density at radius 3 is 2.72 bits per heavy atom. The van der Waals surface area contributed by atoms with Gasteiger partial charge in [0, 0.05) is 12.6 Å². The predicted molar refractivity (Wildman–Crippen MR) is 75.2 cm³/mol. The van der Waals surface area contributed by atoms with Crippen LogP contribution in [0.15, 0.2) is 18.2 Å². The predicted octanol–water partition coefficient (Wildman–Crippen LogP) is 2.83. The van der Waals surface area contributed by atoms with Crippen molar-refractivity contribution in [2.24, 2.45) is 5.73 Å². The Morgan fingerprint density at radius 1 is 1.39 bits per heavy atom. The zero-order valence-corrected chi connectivity index (χ0v) is 11.6. The van der Waals surface area contributed by atoms with E-state index in [1.165, 1.54) is 25.9 Å². The Labute approximate surface area is 114 Å². The smallest absolute Gasteiger partial charge is 0.137 e. The van der Waals surface area contributed by atoms with Crippen LogP contribution in [0.25, 0.3) is 0 Å². The summed E-state index contributed by atoms with van der Waals surface area (Å²) in [7, 11) is 0. The van der Waals surface area contributed by atoms with Gasteiger partial charge in [0.05, 0.1) is 11.6 Å². The van der Waals surface area contributed by atoms with Gasteiger partial charge in [0.15, 0.2) is 0 Å². The molecule has 0 bridgehead atoms. The standard InChI is InChI=1S/C14H21ClN2O/c1-2-18-14-6-5-11(9-12(14)15)13(16)10-17-7-3-4-8-17/h5-6,9,13H,2-4,7-8,10,16H2,1H3. The van der Waals surface area contributed by atoms with Crippen LogP contribution >= 0.6 is 11.6 Å². The van der Waals surface area contributed by atoms with Gasteiger partial charge < -0.3 is 15.4 Å². The molecule has 1 aliphatic rings. The molecule has 1 aromatic carbocycles. The average molecular weight is 269 g/mol. The van der Waals surface area contributed by atoms with Crippen molar-refractivity contribution in [3.63, 3.8) is 0 Å². The molecule has 1 heterocycles. The number of halogens is 1. The third-order valence-corrected chi connectivity index (χ3v) is 3.63. The second kappa shape index (κ2) is 6.41. The van der Waals surface area contributed by atoms with E-state index in [1.54, 1.807) is 0 Å². The second-order valence-electron chi connectivity index (χ2n) is 4.74. The zero-order valence-electron chi connectivity index (χ0n) is 10.9. The SMILES string of the molecule is CCOc1ccc(C(N)CN2CCCC2)cc1Cl. The molecule has 0 saturated carbocycles. The minimum atomic E-state index is 0.0243. The van der Waals surface area contributed by atoms with Crippen LogP contribution in [-0.4, -0.2) is 31.1 Å². The van der Waals surface area contributed by atoms with Gasteiger partial charge in [0.2, 0.25) is 0 Å². The molecular weight excluding hydrogens is 248 g/mol. The maximum absolute atomic E-state index is 6.23. The molecule has 2 rings (SSSR count). The molecule has 1 unspecified atom stereocenters. The van der Waals surface area contributed by atoms with Crippen LogP contribution in [0, 0.1) is 0 Å². The molecule has 1 fully saturated rings. The van der Waals surface area contributed by atoms with Gasteiger partial charge in [0.25, 0.3) is 0 Å². The van der Waals surface area contributed by atoms with Crippen LogP contribution in [0.5, 0.6) is 5.75 Å². The summed E-state index contributed by atoms with van der Waals surface area (Å²) in [6, 6.07) is 5.87. The van der Waals surface area contributed by atoms with Crippen LogP contribution in [0.3, 0.4) is 0 Å².